The van der Waals surface area contributed by atoms with Crippen LogP contribution < -0.4 is 5.56 Å². The number of carbonyl (C=O) groups excluding carboxylic acids is 1. The first-order valence-electron chi connectivity index (χ1n) is 10.4. The Bertz CT molecular complexity index is 869. The molecular weight excluding hydrogens is 368 g/mol. The molecule has 4 rings (SSSR count). The Kier molecular flexibility index (Phi) is 6.06. The molecule has 2 aromatic rings. The molecule has 7 nitrogen and oxygen atoms in total. The summed E-state index contributed by atoms with van der Waals surface area (Å²) in [5, 5.41) is 4.11. The van der Waals surface area contributed by atoms with E-state index in [1.165, 1.54) is 10.7 Å². The second-order valence-electron chi connectivity index (χ2n) is 7.78. The molecule has 1 amide bonds. The predicted octanol–water partition coefficient (Wildman–Crippen LogP) is 1.14. The van der Waals surface area contributed by atoms with Gasteiger partial charge in [0.1, 0.15) is 0 Å². The van der Waals surface area contributed by atoms with E-state index in [1.54, 1.807) is 12.3 Å². The largest absolute Gasteiger partial charge is 0.381 e. The Morgan fingerprint density at radius 2 is 1.69 bits per heavy atom. The number of hydrogen-bond acceptors (Lipinski definition) is 5. The van der Waals surface area contributed by atoms with Gasteiger partial charge < -0.3 is 9.64 Å². The van der Waals surface area contributed by atoms with Crippen molar-refractivity contribution in [2.24, 2.45) is 0 Å². The van der Waals surface area contributed by atoms with Crippen LogP contribution in [0.25, 0.3) is 0 Å². The maximum absolute atomic E-state index is 13.6. The number of aromatic nitrogens is 2. The van der Waals surface area contributed by atoms with Gasteiger partial charge in [0.15, 0.2) is 0 Å². The quantitative estimate of drug-likeness (QED) is 0.758. The van der Waals surface area contributed by atoms with Gasteiger partial charge in [-0.2, -0.15) is 5.10 Å². The Labute approximate surface area is 170 Å². The summed E-state index contributed by atoms with van der Waals surface area (Å²) in [6.07, 6.45) is 3.10. The van der Waals surface area contributed by atoms with Gasteiger partial charge in [-0.1, -0.05) is 30.3 Å². The molecule has 0 radical (unpaired) electrons. The van der Waals surface area contributed by atoms with Crippen LogP contribution in [0.3, 0.4) is 0 Å². The highest BCUT2D eigenvalue weighted by Crippen LogP contribution is 2.37. The van der Waals surface area contributed by atoms with E-state index in [0.717, 1.165) is 38.0 Å². The third kappa shape index (κ3) is 4.26. The van der Waals surface area contributed by atoms with Gasteiger partial charge in [-0.25, -0.2) is 4.68 Å². The fraction of sp³-hybridized carbons (Fsp3) is 0.500. The summed E-state index contributed by atoms with van der Waals surface area (Å²) in [6.45, 7) is 5.63. The molecule has 1 aromatic heterocycles. The highest BCUT2D eigenvalue weighted by Gasteiger charge is 2.44. The standard InChI is InChI=1S/C22H28N4O3/c27-20-7-4-10-23-26(20)16-13-24-11-14-25(15-12-24)21(28)22(8-17-29-18-9-22)19-5-2-1-3-6-19/h1-7,10H,8-9,11-18H2. The summed E-state index contributed by atoms with van der Waals surface area (Å²) in [5.74, 6) is 0.229. The topological polar surface area (TPSA) is 67.7 Å². The lowest BCUT2D eigenvalue weighted by molar-refractivity contribution is -0.143. The molecule has 0 spiro atoms. The van der Waals surface area contributed by atoms with E-state index in [0.29, 0.717) is 32.8 Å². The minimum absolute atomic E-state index is 0.0781. The molecule has 3 heterocycles. The van der Waals surface area contributed by atoms with Crippen molar-refractivity contribution in [2.45, 2.75) is 24.8 Å². The molecule has 0 N–H and O–H groups in total. The van der Waals surface area contributed by atoms with Gasteiger partial charge in [0.2, 0.25) is 5.91 Å². The molecule has 0 aliphatic carbocycles. The molecule has 1 aromatic carbocycles. The van der Waals surface area contributed by atoms with E-state index in [1.807, 2.05) is 23.1 Å². The third-order valence-corrected chi connectivity index (χ3v) is 6.15. The minimum atomic E-state index is -0.469. The molecule has 0 atom stereocenters. The van der Waals surface area contributed by atoms with E-state index in [-0.39, 0.29) is 11.5 Å². The van der Waals surface area contributed by atoms with Crippen molar-refractivity contribution in [3.63, 3.8) is 0 Å². The molecular formula is C22H28N4O3. The van der Waals surface area contributed by atoms with Crippen LogP contribution in [0.1, 0.15) is 18.4 Å². The van der Waals surface area contributed by atoms with Gasteiger partial charge in [-0.05, 0) is 24.5 Å². The smallest absolute Gasteiger partial charge is 0.266 e. The van der Waals surface area contributed by atoms with Crippen LogP contribution in [0.4, 0.5) is 0 Å². The molecule has 7 heteroatoms. The van der Waals surface area contributed by atoms with E-state index in [9.17, 15) is 9.59 Å². The van der Waals surface area contributed by atoms with Gasteiger partial charge in [-0.15, -0.1) is 0 Å². The maximum Gasteiger partial charge on any atom is 0.266 e. The molecule has 0 saturated carbocycles. The lowest BCUT2D eigenvalue weighted by Crippen LogP contribution is -2.56. The number of rotatable bonds is 5. The van der Waals surface area contributed by atoms with E-state index in [4.69, 9.17) is 4.74 Å². The SMILES string of the molecule is O=C(N1CCN(CCn2ncccc2=O)CC1)C1(c2ccccc2)CCOCC1. The number of amides is 1. The first-order chi connectivity index (χ1) is 14.2. The Morgan fingerprint density at radius 3 is 2.38 bits per heavy atom. The highest BCUT2D eigenvalue weighted by molar-refractivity contribution is 5.88. The van der Waals surface area contributed by atoms with Crippen LogP contribution in [-0.2, 0) is 21.5 Å². The summed E-state index contributed by atoms with van der Waals surface area (Å²) >= 11 is 0. The molecule has 0 bridgehead atoms. The number of ether oxygens (including phenoxy) is 1. The average Bonchev–Trinajstić information content (AvgIpc) is 2.79. The molecule has 2 saturated heterocycles. The number of carbonyl (C=O) groups is 1. The van der Waals surface area contributed by atoms with Crippen molar-refractivity contribution in [1.29, 1.82) is 0 Å². The number of hydrogen-bond donors (Lipinski definition) is 0. The number of benzene rings is 1. The minimum Gasteiger partial charge on any atom is -0.381 e. The van der Waals surface area contributed by atoms with E-state index in [2.05, 4.69) is 22.1 Å². The maximum atomic E-state index is 13.6. The fourth-order valence-corrected chi connectivity index (χ4v) is 4.37. The molecule has 2 aliphatic rings. The summed E-state index contributed by atoms with van der Waals surface area (Å²) in [5.41, 5.74) is 0.555. The summed E-state index contributed by atoms with van der Waals surface area (Å²) in [7, 11) is 0. The summed E-state index contributed by atoms with van der Waals surface area (Å²) < 4.78 is 7.06. The first kappa shape index (κ1) is 19.8. The monoisotopic (exact) mass is 396 g/mol. The average molecular weight is 396 g/mol. The molecule has 2 fully saturated rings. The van der Waals surface area contributed by atoms with Crippen LogP contribution in [0.15, 0.2) is 53.5 Å². The molecule has 29 heavy (non-hydrogen) atoms. The van der Waals surface area contributed by atoms with Gasteiger partial charge in [0, 0.05) is 58.2 Å². The van der Waals surface area contributed by atoms with Crippen molar-refractivity contribution in [1.82, 2.24) is 19.6 Å². The lowest BCUT2D eigenvalue weighted by Gasteiger charge is -2.43. The van der Waals surface area contributed by atoms with E-state index >= 15 is 0 Å². The highest BCUT2D eigenvalue weighted by atomic mass is 16.5. The second kappa shape index (κ2) is 8.88. The van der Waals surface area contributed by atoms with Crippen molar-refractivity contribution >= 4 is 5.91 Å². The normalized spacial score (nSPS) is 19.8. The molecule has 0 unspecified atom stereocenters. The van der Waals surface area contributed by atoms with Crippen LogP contribution in [0, 0.1) is 0 Å². The fourth-order valence-electron chi connectivity index (χ4n) is 4.37. The molecule has 154 valence electrons. The van der Waals surface area contributed by atoms with Crippen LogP contribution >= 0.6 is 0 Å². The zero-order valence-electron chi connectivity index (χ0n) is 16.7. The van der Waals surface area contributed by atoms with E-state index < -0.39 is 5.41 Å². The van der Waals surface area contributed by atoms with Gasteiger partial charge >= 0.3 is 0 Å². The van der Waals surface area contributed by atoms with Crippen LogP contribution in [0.5, 0.6) is 0 Å². The predicted molar refractivity (Wildman–Crippen MR) is 110 cm³/mol. The Hall–Kier alpha value is -2.51. The van der Waals surface area contributed by atoms with Crippen molar-refractivity contribution < 1.29 is 9.53 Å². The third-order valence-electron chi connectivity index (χ3n) is 6.15. The lowest BCUT2D eigenvalue weighted by atomic mass is 9.73. The van der Waals surface area contributed by atoms with Crippen molar-refractivity contribution in [2.75, 3.05) is 45.9 Å². The Balaban J connectivity index is 1.39. The van der Waals surface area contributed by atoms with Gasteiger partial charge in [-0.3, -0.25) is 14.5 Å². The van der Waals surface area contributed by atoms with Crippen molar-refractivity contribution in [3.8, 4) is 0 Å². The second-order valence-corrected chi connectivity index (χ2v) is 7.78. The van der Waals surface area contributed by atoms with Crippen LogP contribution in [-0.4, -0.2) is 71.4 Å². The van der Waals surface area contributed by atoms with Crippen molar-refractivity contribution in [3.05, 3.63) is 64.6 Å². The van der Waals surface area contributed by atoms with Gasteiger partial charge in [0.25, 0.3) is 5.56 Å². The van der Waals surface area contributed by atoms with Crippen LogP contribution in [0.2, 0.25) is 0 Å². The molecule has 2 aliphatic heterocycles. The summed E-state index contributed by atoms with van der Waals surface area (Å²) in [4.78, 5) is 29.7. The Morgan fingerprint density at radius 1 is 0.966 bits per heavy atom. The first-order valence-corrected chi connectivity index (χ1v) is 10.4. The zero-order valence-corrected chi connectivity index (χ0v) is 16.7. The van der Waals surface area contributed by atoms with Gasteiger partial charge in [0.05, 0.1) is 12.0 Å². The number of nitrogens with zero attached hydrogens (tertiary/aromatic N) is 4. The number of piperazine rings is 1. The zero-order chi connectivity index (χ0) is 20.1. The summed E-state index contributed by atoms with van der Waals surface area (Å²) in [6, 6.07) is 13.3.